The normalized spacial score (nSPS) is 12.0. The monoisotopic (exact) mass is 290 g/mol. The predicted molar refractivity (Wildman–Crippen MR) is 81.7 cm³/mol. The summed E-state index contributed by atoms with van der Waals surface area (Å²) in [5, 5.41) is 11.7. The van der Waals surface area contributed by atoms with E-state index in [-0.39, 0.29) is 17.1 Å². The summed E-state index contributed by atoms with van der Waals surface area (Å²) in [6.45, 7) is 4.11. The van der Waals surface area contributed by atoms with Crippen molar-refractivity contribution in [2.75, 3.05) is 14.1 Å². The molecule has 0 aromatic heterocycles. The molecule has 0 radical (unpaired) electrons. The molecule has 0 aliphatic heterocycles. The van der Waals surface area contributed by atoms with Crippen LogP contribution in [0.5, 0.6) is 0 Å². The van der Waals surface area contributed by atoms with Crippen LogP contribution in [0.1, 0.15) is 25.0 Å². The highest BCUT2D eigenvalue weighted by Gasteiger charge is 2.13. The van der Waals surface area contributed by atoms with Gasteiger partial charge < -0.3 is 15.3 Å². The van der Waals surface area contributed by atoms with Gasteiger partial charge in [-0.2, -0.15) is 0 Å². The van der Waals surface area contributed by atoms with E-state index in [1.807, 2.05) is 38.4 Å². The Hall–Kier alpha value is -2.14. The lowest BCUT2D eigenvalue weighted by Gasteiger charge is -2.15. The average Bonchev–Trinajstić information content (AvgIpc) is 2.43. The molecule has 0 heterocycles. The molecular formula is C16H22N2O3. The Morgan fingerprint density at radius 2 is 1.67 bits per heavy atom. The SMILES string of the molecule is CC(C(=O)O)=C(C)C(=O)NCc1ccccc1CN(C)C. The highest BCUT2D eigenvalue weighted by Crippen LogP contribution is 2.11. The number of hydrogen-bond acceptors (Lipinski definition) is 3. The van der Waals surface area contributed by atoms with Crippen LogP contribution in [0, 0.1) is 0 Å². The lowest BCUT2D eigenvalue weighted by atomic mass is 10.1. The van der Waals surface area contributed by atoms with Gasteiger partial charge in [0.25, 0.3) is 0 Å². The molecule has 1 aromatic rings. The Morgan fingerprint density at radius 1 is 1.10 bits per heavy atom. The third-order valence-electron chi connectivity index (χ3n) is 3.27. The van der Waals surface area contributed by atoms with Crippen molar-refractivity contribution >= 4 is 11.9 Å². The molecular weight excluding hydrogens is 268 g/mol. The van der Waals surface area contributed by atoms with Crippen LogP contribution in [-0.2, 0) is 22.7 Å². The van der Waals surface area contributed by atoms with Crippen LogP contribution in [0.4, 0.5) is 0 Å². The summed E-state index contributed by atoms with van der Waals surface area (Å²) in [5.74, 6) is -1.43. The quantitative estimate of drug-likeness (QED) is 0.784. The maximum Gasteiger partial charge on any atom is 0.331 e. The summed E-state index contributed by atoms with van der Waals surface area (Å²) in [6.07, 6.45) is 0. The standard InChI is InChI=1S/C16H22N2O3/c1-11(12(2)16(20)21)15(19)17-9-13-7-5-6-8-14(13)10-18(3)4/h5-8H,9-10H2,1-4H3,(H,17,19)(H,20,21). The van der Waals surface area contributed by atoms with E-state index in [0.717, 1.165) is 17.7 Å². The summed E-state index contributed by atoms with van der Waals surface area (Å²) in [5.41, 5.74) is 2.46. The van der Waals surface area contributed by atoms with Crippen LogP contribution >= 0.6 is 0 Å². The lowest BCUT2D eigenvalue weighted by molar-refractivity contribution is -0.133. The van der Waals surface area contributed by atoms with Crippen molar-refractivity contribution < 1.29 is 14.7 Å². The van der Waals surface area contributed by atoms with E-state index in [9.17, 15) is 9.59 Å². The topological polar surface area (TPSA) is 69.6 Å². The zero-order chi connectivity index (χ0) is 16.0. The summed E-state index contributed by atoms with van der Waals surface area (Å²) in [7, 11) is 3.97. The Bertz CT molecular complexity index is 562. The molecule has 0 saturated carbocycles. The largest absolute Gasteiger partial charge is 0.478 e. The molecule has 1 aromatic carbocycles. The molecule has 0 aliphatic rings. The Kier molecular flexibility index (Phi) is 6.11. The van der Waals surface area contributed by atoms with E-state index in [0.29, 0.717) is 6.54 Å². The van der Waals surface area contributed by atoms with Gasteiger partial charge in [0.2, 0.25) is 5.91 Å². The summed E-state index contributed by atoms with van der Waals surface area (Å²) >= 11 is 0. The minimum atomic E-state index is -1.07. The fraction of sp³-hybridized carbons (Fsp3) is 0.375. The summed E-state index contributed by atoms with van der Waals surface area (Å²) in [6, 6.07) is 7.87. The zero-order valence-corrected chi connectivity index (χ0v) is 12.9. The van der Waals surface area contributed by atoms with Crippen molar-refractivity contribution in [3.8, 4) is 0 Å². The molecule has 0 fully saturated rings. The van der Waals surface area contributed by atoms with Gasteiger partial charge in [-0.25, -0.2) is 4.79 Å². The fourth-order valence-corrected chi connectivity index (χ4v) is 1.86. The van der Waals surface area contributed by atoms with Gasteiger partial charge in [-0.3, -0.25) is 4.79 Å². The zero-order valence-electron chi connectivity index (χ0n) is 12.9. The fourth-order valence-electron chi connectivity index (χ4n) is 1.86. The maximum atomic E-state index is 12.0. The van der Waals surface area contributed by atoms with E-state index in [4.69, 9.17) is 5.11 Å². The smallest absolute Gasteiger partial charge is 0.331 e. The number of amides is 1. The Balaban J connectivity index is 2.78. The van der Waals surface area contributed by atoms with Gasteiger partial charge >= 0.3 is 5.97 Å². The molecule has 0 saturated heterocycles. The van der Waals surface area contributed by atoms with E-state index in [1.54, 1.807) is 0 Å². The number of carbonyl (C=O) groups is 2. The maximum absolute atomic E-state index is 12.0. The molecule has 1 rings (SSSR count). The molecule has 0 aliphatic carbocycles. The highest BCUT2D eigenvalue weighted by atomic mass is 16.4. The molecule has 5 heteroatoms. The van der Waals surface area contributed by atoms with Gasteiger partial charge in [0.1, 0.15) is 0 Å². The second kappa shape index (κ2) is 7.59. The predicted octanol–water partition coefficient (Wildman–Crippen LogP) is 1.79. The number of hydrogen-bond donors (Lipinski definition) is 2. The van der Waals surface area contributed by atoms with Crippen molar-refractivity contribution in [1.29, 1.82) is 0 Å². The van der Waals surface area contributed by atoms with Crippen LogP contribution in [0.25, 0.3) is 0 Å². The van der Waals surface area contributed by atoms with Crippen LogP contribution in [0.2, 0.25) is 0 Å². The molecule has 21 heavy (non-hydrogen) atoms. The van der Waals surface area contributed by atoms with E-state index >= 15 is 0 Å². The van der Waals surface area contributed by atoms with Crippen molar-refractivity contribution in [1.82, 2.24) is 10.2 Å². The van der Waals surface area contributed by atoms with Gasteiger partial charge in [-0.05, 0) is 39.1 Å². The molecule has 114 valence electrons. The number of aliphatic carboxylic acids is 1. The summed E-state index contributed by atoms with van der Waals surface area (Å²) < 4.78 is 0. The molecule has 0 bridgehead atoms. The highest BCUT2D eigenvalue weighted by molar-refractivity contribution is 6.01. The molecule has 0 unspecified atom stereocenters. The van der Waals surface area contributed by atoms with Crippen molar-refractivity contribution in [2.45, 2.75) is 26.9 Å². The molecule has 1 amide bonds. The van der Waals surface area contributed by atoms with Gasteiger partial charge in [-0.1, -0.05) is 24.3 Å². The van der Waals surface area contributed by atoms with E-state index < -0.39 is 5.97 Å². The minimum Gasteiger partial charge on any atom is -0.478 e. The number of benzene rings is 1. The number of rotatable bonds is 6. The first-order valence-corrected chi connectivity index (χ1v) is 6.73. The number of nitrogens with one attached hydrogen (secondary N) is 1. The molecule has 5 nitrogen and oxygen atoms in total. The van der Waals surface area contributed by atoms with Gasteiger partial charge in [0, 0.05) is 24.2 Å². The first-order chi connectivity index (χ1) is 9.82. The second-order valence-corrected chi connectivity index (χ2v) is 5.24. The number of carbonyl (C=O) groups excluding carboxylic acids is 1. The third-order valence-corrected chi connectivity index (χ3v) is 3.27. The van der Waals surface area contributed by atoms with E-state index in [1.165, 1.54) is 13.8 Å². The van der Waals surface area contributed by atoms with Crippen molar-refractivity contribution in [2.24, 2.45) is 0 Å². The third kappa shape index (κ3) is 5.04. The molecule has 0 atom stereocenters. The minimum absolute atomic E-state index is 0.0640. The number of nitrogens with zero attached hydrogens (tertiary/aromatic N) is 1. The number of carboxylic acid groups (broad SMARTS) is 1. The van der Waals surface area contributed by atoms with Crippen LogP contribution in [0.3, 0.4) is 0 Å². The van der Waals surface area contributed by atoms with Crippen molar-refractivity contribution in [3.05, 3.63) is 46.5 Å². The number of carboxylic acids is 1. The summed E-state index contributed by atoms with van der Waals surface area (Å²) in [4.78, 5) is 24.9. The van der Waals surface area contributed by atoms with Crippen LogP contribution < -0.4 is 5.32 Å². The lowest BCUT2D eigenvalue weighted by Crippen LogP contribution is -2.26. The van der Waals surface area contributed by atoms with Crippen LogP contribution in [0.15, 0.2) is 35.4 Å². The second-order valence-electron chi connectivity index (χ2n) is 5.24. The Labute approximate surface area is 125 Å². The Morgan fingerprint density at radius 3 is 2.19 bits per heavy atom. The van der Waals surface area contributed by atoms with E-state index in [2.05, 4.69) is 10.2 Å². The van der Waals surface area contributed by atoms with Gasteiger partial charge in [-0.15, -0.1) is 0 Å². The first-order valence-electron chi connectivity index (χ1n) is 6.73. The van der Waals surface area contributed by atoms with Crippen LogP contribution in [-0.4, -0.2) is 36.0 Å². The first kappa shape index (κ1) is 16.9. The molecule has 2 N–H and O–H groups in total. The van der Waals surface area contributed by atoms with Gasteiger partial charge in [0.15, 0.2) is 0 Å². The molecule has 0 spiro atoms. The van der Waals surface area contributed by atoms with Crippen molar-refractivity contribution in [3.63, 3.8) is 0 Å². The van der Waals surface area contributed by atoms with Gasteiger partial charge in [0.05, 0.1) is 0 Å². The average molecular weight is 290 g/mol.